The molecule has 0 saturated heterocycles. The number of hydrogen-bond acceptors (Lipinski definition) is 2. The topological polar surface area (TPSA) is 98.2 Å². The molecule has 0 fully saturated rings. The third-order valence-electron chi connectivity index (χ3n) is 0.820. The summed E-state index contributed by atoms with van der Waals surface area (Å²) in [7, 11) is 0. The van der Waals surface area contributed by atoms with Crippen LogP contribution < -0.4 is 16.8 Å². The van der Waals surface area contributed by atoms with E-state index >= 15 is 0 Å². The Morgan fingerprint density at radius 3 is 2.20 bits per heavy atom. The summed E-state index contributed by atoms with van der Waals surface area (Å²) >= 11 is 0. The minimum absolute atomic E-state index is 0.249. The highest BCUT2D eigenvalue weighted by molar-refractivity contribution is 5.91. The molecule has 0 bridgehead atoms. The minimum Gasteiger partial charge on any atom is -0.366 e. The van der Waals surface area contributed by atoms with Crippen molar-refractivity contribution in [3.8, 4) is 0 Å². The molecule has 0 spiro atoms. The van der Waals surface area contributed by atoms with Crippen molar-refractivity contribution in [1.82, 2.24) is 5.32 Å². The van der Waals surface area contributed by atoms with Crippen molar-refractivity contribution in [1.29, 1.82) is 0 Å². The summed E-state index contributed by atoms with van der Waals surface area (Å²) in [6, 6.07) is -0.722. The maximum Gasteiger partial charge on any atom is 0.316 e. The third-order valence-corrected chi connectivity index (χ3v) is 0.820. The molecule has 5 N–H and O–H groups in total. The Hall–Kier alpha value is -1.52. The Morgan fingerprint density at radius 2 is 1.90 bits per heavy atom. The fourth-order valence-electron chi connectivity index (χ4n) is 0.251. The smallest absolute Gasteiger partial charge is 0.316 e. The number of carbonyl (C=O) groups excluding carboxylic acids is 2. The molecule has 0 aromatic rings. The molecule has 0 aliphatic heterocycles. The Bertz CT molecular complexity index is 185. The van der Waals surface area contributed by atoms with Crippen molar-refractivity contribution >= 4 is 11.9 Å². The van der Waals surface area contributed by atoms with Crippen LogP contribution in [0.4, 0.5) is 4.79 Å². The van der Waals surface area contributed by atoms with Gasteiger partial charge in [0, 0.05) is 11.8 Å². The molecule has 56 valence electrons. The summed E-state index contributed by atoms with van der Waals surface area (Å²) in [6.45, 7) is 1.47. The van der Waals surface area contributed by atoms with E-state index in [0.717, 1.165) is 6.20 Å². The molecule has 0 radical (unpaired) electrons. The van der Waals surface area contributed by atoms with Crippen LogP contribution in [-0.2, 0) is 4.79 Å². The average Bonchev–Trinajstić information content (AvgIpc) is 1.82. The van der Waals surface area contributed by atoms with Gasteiger partial charge in [0.2, 0.25) is 5.91 Å². The predicted molar refractivity (Wildman–Crippen MR) is 35.7 cm³/mol. The number of nitrogens with two attached hydrogens (primary N) is 2. The van der Waals surface area contributed by atoms with Crippen molar-refractivity contribution in [2.75, 3.05) is 0 Å². The maximum absolute atomic E-state index is 10.3. The molecular weight excluding hydrogens is 134 g/mol. The van der Waals surface area contributed by atoms with Crippen molar-refractivity contribution in [2.45, 2.75) is 6.92 Å². The van der Waals surface area contributed by atoms with Gasteiger partial charge in [-0.05, 0) is 6.92 Å². The van der Waals surface area contributed by atoms with Gasteiger partial charge < -0.3 is 16.8 Å². The lowest BCUT2D eigenvalue weighted by Crippen LogP contribution is -2.26. The van der Waals surface area contributed by atoms with Gasteiger partial charge in [-0.1, -0.05) is 0 Å². The largest absolute Gasteiger partial charge is 0.366 e. The second kappa shape index (κ2) is 3.49. The molecule has 0 unspecified atom stereocenters. The molecule has 5 nitrogen and oxygen atoms in total. The summed E-state index contributed by atoms with van der Waals surface area (Å²) in [5, 5.41) is 2.10. The summed E-state index contributed by atoms with van der Waals surface area (Å²) in [6.07, 6.45) is 1.16. The van der Waals surface area contributed by atoms with E-state index in [1.807, 2.05) is 0 Å². The molecule has 0 aromatic heterocycles. The Balaban J connectivity index is 3.92. The second-order valence-electron chi connectivity index (χ2n) is 1.70. The van der Waals surface area contributed by atoms with E-state index in [1.54, 1.807) is 0 Å². The molecule has 10 heavy (non-hydrogen) atoms. The SMILES string of the molecule is CC(=CNC(N)=O)C(N)=O. The van der Waals surface area contributed by atoms with E-state index in [9.17, 15) is 9.59 Å². The molecular formula is C5H9N3O2. The van der Waals surface area contributed by atoms with Gasteiger partial charge in [0.1, 0.15) is 0 Å². The molecule has 0 rings (SSSR count). The molecule has 0 saturated carbocycles. The number of primary amides is 2. The van der Waals surface area contributed by atoms with Crippen molar-refractivity contribution in [3.63, 3.8) is 0 Å². The second-order valence-corrected chi connectivity index (χ2v) is 1.70. The van der Waals surface area contributed by atoms with Gasteiger partial charge in [0.05, 0.1) is 0 Å². The van der Waals surface area contributed by atoms with Gasteiger partial charge in [0.15, 0.2) is 0 Å². The highest BCUT2D eigenvalue weighted by Gasteiger charge is 1.95. The Morgan fingerprint density at radius 1 is 1.40 bits per heavy atom. The van der Waals surface area contributed by atoms with Crippen molar-refractivity contribution in [2.24, 2.45) is 11.5 Å². The maximum atomic E-state index is 10.3. The summed E-state index contributed by atoms with van der Waals surface area (Å²) in [5.74, 6) is -0.589. The number of carbonyl (C=O) groups is 2. The van der Waals surface area contributed by atoms with E-state index in [4.69, 9.17) is 11.5 Å². The molecule has 5 heteroatoms. The van der Waals surface area contributed by atoms with Gasteiger partial charge in [-0.25, -0.2) is 4.79 Å². The fourth-order valence-corrected chi connectivity index (χ4v) is 0.251. The molecule has 0 atom stereocenters. The Kier molecular flexibility index (Phi) is 2.96. The number of nitrogens with one attached hydrogen (secondary N) is 1. The third kappa shape index (κ3) is 3.48. The Labute approximate surface area is 58.1 Å². The molecule has 0 heterocycles. The van der Waals surface area contributed by atoms with Crippen molar-refractivity contribution in [3.05, 3.63) is 11.8 Å². The number of hydrogen-bond donors (Lipinski definition) is 3. The molecule has 0 aromatic carbocycles. The summed E-state index contributed by atoms with van der Waals surface area (Å²) in [5.41, 5.74) is 9.77. The van der Waals surface area contributed by atoms with Crippen LogP contribution in [0.2, 0.25) is 0 Å². The average molecular weight is 143 g/mol. The van der Waals surface area contributed by atoms with Crippen LogP contribution in [-0.4, -0.2) is 11.9 Å². The van der Waals surface area contributed by atoms with E-state index in [1.165, 1.54) is 6.92 Å². The number of amides is 3. The van der Waals surface area contributed by atoms with Gasteiger partial charge in [-0.3, -0.25) is 4.79 Å². The normalized spacial score (nSPS) is 10.7. The first-order valence-corrected chi connectivity index (χ1v) is 2.56. The van der Waals surface area contributed by atoms with Gasteiger partial charge in [0.25, 0.3) is 0 Å². The number of rotatable bonds is 2. The summed E-state index contributed by atoms with van der Waals surface area (Å²) in [4.78, 5) is 20.3. The van der Waals surface area contributed by atoms with Gasteiger partial charge in [-0.2, -0.15) is 0 Å². The highest BCUT2D eigenvalue weighted by atomic mass is 16.2. The van der Waals surface area contributed by atoms with E-state index in [0.29, 0.717) is 0 Å². The van der Waals surface area contributed by atoms with Crippen molar-refractivity contribution < 1.29 is 9.59 Å². The van der Waals surface area contributed by atoms with Crippen LogP contribution in [0, 0.1) is 0 Å². The standard InChI is InChI=1S/C5H9N3O2/c1-3(4(6)9)2-8-5(7)10/h2H,1H3,(H2,6,9)(H3,7,8,10). The first-order chi connectivity index (χ1) is 4.54. The minimum atomic E-state index is -0.722. The monoisotopic (exact) mass is 143 g/mol. The van der Waals surface area contributed by atoms with E-state index in [-0.39, 0.29) is 5.57 Å². The van der Waals surface area contributed by atoms with Crippen LogP contribution in [0.1, 0.15) is 6.92 Å². The quantitative estimate of drug-likeness (QED) is 0.434. The lowest BCUT2D eigenvalue weighted by molar-refractivity contribution is -0.114. The van der Waals surface area contributed by atoms with Gasteiger partial charge >= 0.3 is 6.03 Å². The zero-order chi connectivity index (χ0) is 8.15. The fraction of sp³-hybridized carbons (Fsp3) is 0.200. The lowest BCUT2D eigenvalue weighted by atomic mass is 10.3. The van der Waals surface area contributed by atoms with E-state index in [2.05, 4.69) is 5.32 Å². The molecule has 3 amide bonds. The number of urea groups is 1. The zero-order valence-corrected chi connectivity index (χ0v) is 5.55. The van der Waals surface area contributed by atoms with Crippen LogP contribution in [0.25, 0.3) is 0 Å². The predicted octanol–water partition coefficient (Wildman–Crippen LogP) is -0.956. The van der Waals surface area contributed by atoms with Gasteiger partial charge in [-0.15, -0.1) is 0 Å². The van der Waals surface area contributed by atoms with Crippen LogP contribution in [0.3, 0.4) is 0 Å². The van der Waals surface area contributed by atoms with Crippen LogP contribution in [0.5, 0.6) is 0 Å². The molecule has 0 aliphatic rings. The zero-order valence-electron chi connectivity index (χ0n) is 5.55. The summed E-state index contributed by atoms with van der Waals surface area (Å²) < 4.78 is 0. The lowest BCUT2D eigenvalue weighted by Gasteiger charge is -1.93. The van der Waals surface area contributed by atoms with E-state index < -0.39 is 11.9 Å². The highest BCUT2D eigenvalue weighted by Crippen LogP contribution is 1.84. The molecule has 0 aliphatic carbocycles. The van der Waals surface area contributed by atoms with Crippen LogP contribution >= 0.6 is 0 Å². The first kappa shape index (κ1) is 8.48. The van der Waals surface area contributed by atoms with Crippen LogP contribution in [0.15, 0.2) is 11.8 Å². The first-order valence-electron chi connectivity index (χ1n) is 2.56.